The topological polar surface area (TPSA) is 111 Å². The van der Waals surface area contributed by atoms with Crippen molar-refractivity contribution in [1.82, 2.24) is 0 Å². The third kappa shape index (κ3) is 5.37. The SMILES string of the molecule is Cc1ccc(NS(=O)(=O)c2ccc(NCCC3=CCOCC3)c([N+](=O)[O-])c2)c(C)c1. The van der Waals surface area contributed by atoms with E-state index in [0.717, 1.165) is 30.0 Å². The number of nitrogens with one attached hydrogen (secondary N) is 2. The average Bonchev–Trinajstić information content (AvgIpc) is 2.71. The molecule has 2 aromatic rings. The standard InChI is InChI=1S/C21H25N3O5S/c1-15-3-5-19(16(2)13-15)23-30(27,28)18-4-6-20(21(14-18)24(25)26)22-10-7-17-8-11-29-12-9-17/h3-6,8,13-14,22-23H,7,9-12H2,1-2H3. The van der Waals surface area contributed by atoms with E-state index in [4.69, 9.17) is 4.74 Å². The lowest BCUT2D eigenvalue weighted by Gasteiger charge is -2.15. The summed E-state index contributed by atoms with van der Waals surface area (Å²) in [5.74, 6) is 0. The molecule has 1 heterocycles. The molecule has 0 unspecified atom stereocenters. The summed E-state index contributed by atoms with van der Waals surface area (Å²) < 4.78 is 33.3. The molecular formula is C21H25N3O5S. The van der Waals surface area contributed by atoms with Gasteiger partial charge in [0.1, 0.15) is 5.69 Å². The van der Waals surface area contributed by atoms with Gasteiger partial charge in [-0.25, -0.2) is 8.42 Å². The van der Waals surface area contributed by atoms with Crippen LogP contribution in [0.3, 0.4) is 0 Å². The smallest absolute Gasteiger partial charge is 0.293 e. The number of rotatable bonds is 8. The van der Waals surface area contributed by atoms with Crippen molar-refractivity contribution in [3.05, 3.63) is 69.3 Å². The number of anilines is 2. The second-order valence-corrected chi connectivity index (χ2v) is 8.91. The second-order valence-electron chi connectivity index (χ2n) is 7.22. The molecule has 1 aliphatic heterocycles. The van der Waals surface area contributed by atoms with E-state index < -0.39 is 14.9 Å². The first-order valence-corrected chi connectivity index (χ1v) is 11.1. The predicted molar refractivity (Wildman–Crippen MR) is 116 cm³/mol. The second kappa shape index (κ2) is 9.27. The molecule has 9 heteroatoms. The zero-order valence-corrected chi connectivity index (χ0v) is 17.8. The summed E-state index contributed by atoms with van der Waals surface area (Å²) >= 11 is 0. The molecule has 0 spiro atoms. The summed E-state index contributed by atoms with van der Waals surface area (Å²) in [5.41, 5.74) is 3.48. The van der Waals surface area contributed by atoms with E-state index in [0.29, 0.717) is 25.4 Å². The Morgan fingerprint density at radius 1 is 1.13 bits per heavy atom. The highest BCUT2D eigenvalue weighted by molar-refractivity contribution is 7.92. The molecular weight excluding hydrogens is 406 g/mol. The van der Waals surface area contributed by atoms with Crippen LogP contribution >= 0.6 is 0 Å². The average molecular weight is 432 g/mol. The minimum absolute atomic E-state index is 0.160. The molecule has 0 fully saturated rings. The van der Waals surface area contributed by atoms with Crippen molar-refractivity contribution in [2.75, 3.05) is 29.8 Å². The van der Waals surface area contributed by atoms with Gasteiger partial charge in [-0.2, -0.15) is 0 Å². The number of nitro benzene ring substituents is 1. The van der Waals surface area contributed by atoms with Gasteiger partial charge in [-0.05, 0) is 50.5 Å². The van der Waals surface area contributed by atoms with Crippen LogP contribution in [-0.4, -0.2) is 33.1 Å². The van der Waals surface area contributed by atoms with E-state index in [1.54, 1.807) is 19.1 Å². The van der Waals surface area contributed by atoms with Gasteiger partial charge in [-0.15, -0.1) is 0 Å². The number of hydrogen-bond acceptors (Lipinski definition) is 6. The van der Waals surface area contributed by atoms with Crippen LogP contribution in [0.2, 0.25) is 0 Å². The van der Waals surface area contributed by atoms with Gasteiger partial charge in [0, 0.05) is 12.6 Å². The molecule has 0 radical (unpaired) electrons. The molecule has 0 amide bonds. The van der Waals surface area contributed by atoms with Gasteiger partial charge in [0.25, 0.3) is 15.7 Å². The van der Waals surface area contributed by atoms with Crippen molar-refractivity contribution in [1.29, 1.82) is 0 Å². The highest BCUT2D eigenvalue weighted by Gasteiger charge is 2.22. The summed E-state index contributed by atoms with van der Waals surface area (Å²) in [7, 11) is -3.96. The van der Waals surface area contributed by atoms with Crippen LogP contribution in [0.4, 0.5) is 17.1 Å². The minimum atomic E-state index is -3.96. The van der Waals surface area contributed by atoms with Crippen LogP contribution in [0.1, 0.15) is 24.0 Å². The molecule has 2 aromatic carbocycles. The maximum Gasteiger partial charge on any atom is 0.293 e. The molecule has 30 heavy (non-hydrogen) atoms. The van der Waals surface area contributed by atoms with E-state index in [2.05, 4.69) is 10.0 Å². The summed E-state index contributed by atoms with van der Waals surface area (Å²) in [6.07, 6.45) is 3.62. The Hall–Kier alpha value is -2.91. The van der Waals surface area contributed by atoms with Crippen LogP contribution in [0.15, 0.2) is 52.9 Å². The fourth-order valence-corrected chi connectivity index (χ4v) is 4.41. The first-order chi connectivity index (χ1) is 14.3. The monoisotopic (exact) mass is 431 g/mol. The predicted octanol–water partition coefficient (Wildman–Crippen LogP) is 4.16. The van der Waals surface area contributed by atoms with E-state index in [1.165, 1.54) is 17.7 Å². The number of nitrogens with zero attached hydrogens (tertiary/aromatic N) is 1. The van der Waals surface area contributed by atoms with Crippen LogP contribution in [0.25, 0.3) is 0 Å². The number of nitro groups is 1. The quantitative estimate of drug-likeness (QED) is 0.369. The number of aryl methyl sites for hydroxylation is 2. The molecule has 0 saturated heterocycles. The fraction of sp³-hybridized carbons (Fsp3) is 0.333. The fourth-order valence-electron chi connectivity index (χ4n) is 3.26. The van der Waals surface area contributed by atoms with Gasteiger partial charge in [0.15, 0.2) is 0 Å². The van der Waals surface area contributed by atoms with Gasteiger partial charge in [-0.1, -0.05) is 29.3 Å². The van der Waals surface area contributed by atoms with Crippen molar-refractivity contribution in [2.24, 2.45) is 0 Å². The van der Waals surface area contributed by atoms with E-state index in [1.807, 2.05) is 19.1 Å². The Labute approximate surface area is 176 Å². The van der Waals surface area contributed by atoms with Gasteiger partial charge < -0.3 is 10.1 Å². The lowest BCUT2D eigenvalue weighted by atomic mass is 10.1. The molecule has 1 aliphatic rings. The first kappa shape index (κ1) is 21.8. The van der Waals surface area contributed by atoms with Gasteiger partial charge >= 0.3 is 0 Å². The Balaban J connectivity index is 1.77. The molecule has 2 N–H and O–H groups in total. The lowest BCUT2D eigenvalue weighted by Crippen LogP contribution is -2.15. The molecule has 0 saturated carbocycles. The normalized spacial score (nSPS) is 14.1. The largest absolute Gasteiger partial charge is 0.379 e. The summed E-state index contributed by atoms with van der Waals surface area (Å²) in [6, 6.07) is 9.23. The summed E-state index contributed by atoms with van der Waals surface area (Å²) in [4.78, 5) is 10.8. The van der Waals surface area contributed by atoms with Gasteiger partial charge in [0.05, 0.1) is 28.7 Å². The number of benzene rings is 2. The van der Waals surface area contributed by atoms with E-state index >= 15 is 0 Å². The van der Waals surface area contributed by atoms with Crippen molar-refractivity contribution in [2.45, 2.75) is 31.6 Å². The third-order valence-electron chi connectivity index (χ3n) is 4.92. The van der Waals surface area contributed by atoms with Crippen LogP contribution in [-0.2, 0) is 14.8 Å². The van der Waals surface area contributed by atoms with Crippen LogP contribution in [0.5, 0.6) is 0 Å². The van der Waals surface area contributed by atoms with Gasteiger partial charge in [0.2, 0.25) is 0 Å². The van der Waals surface area contributed by atoms with E-state index in [-0.39, 0.29) is 16.3 Å². The van der Waals surface area contributed by atoms with Crippen LogP contribution < -0.4 is 10.0 Å². The number of ether oxygens (including phenoxy) is 1. The van der Waals surface area contributed by atoms with Crippen molar-refractivity contribution >= 4 is 27.1 Å². The molecule has 8 nitrogen and oxygen atoms in total. The van der Waals surface area contributed by atoms with Gasteiger partial charge in [-0.3, -0.25) is 14.8 Å². The summed E-state index contributed by atoms with van der Waals surface area (Å²) in [5, 5.41) is 14.6. The molecule has 0 aliphatic carbocycles. The maximum absolute atomic E-state index is 12.8. The van der Waals surface area contributed by atoms with Crippen LogP contribution in [0, 0.1) is 24.0 Å². The molecule has 0 atom stereocenters. The summed E-state index contributed by atoms with van der Waals surface area (Å²) in [6.45, 7) is 5.51. The number of sulfonamides is 1. The Morgan fingerprint density at radius 2 is 1.90 bits per heavy atom. The Kier molecular flexibility index (Phi) is 6.73. The minimum Gasteiger partial charge on any atom is -0.379 e. The molecule has 3 rings (SSSR count). The van der Waals surface area contributed by atoms with E-state index in [9.17, 15) is 18.5 Å². The Bertz CT molecular complexity index is 1080. The molecule has 0 aromatic heterocycles. The molecule has 160 valence electrons. The Morgan fingerprint density at radius 3 is 2.57 bits per heavy atom. The number of hydrogen-bond donors (Lipinski definition) is 2. The van der Waals surface area contributed by atoms with Crippen molar-refractivity contribution < 1.29 is 18.1 Å². The first-order valence-electron chi connectivity index (χ1n) is 9.64. The third-order valence-corrected chi connectivity index (χ3v) is 6.28. The zero-order chi connectivity index (χ0) is 21.7. The maximum atomic E-state index is 12.8. The highest BCUT2D eigenvalue weighted by Crippen LogP contribution is 2.29. The lowest BCUT2D eigenvalue weighted by molar-refractivity contribution is -0.384. The zero-order valence-electron chi connectivity index (χ0n) is 17.0. The van der Waals surface area contributed by atoms with Crippen molar-refractivity contribution in [3.8, 4) is 0 Å². The van der Waals surface area contributed by atoms with Crippen molar-refractivity contribution in [3.63, 3.8) is 0 Å². The highest BCUT2D eigenvalue weighted by atomic mass is 32.2. The molecule has 0 bridgehead atoms.